The molecule has 1 unspecified atom stereocenters. The maximum absolute atomic E-state index is 11.6. The van der Waals surface area contributed by atoms with Crippen molar-refractivity contribution in [1.29, 1.82) is 0 Å². The van der Waals surface area contributed by atoms with Crippen molar-refractivity contribution in [1.82, 2.24) is 4.90 Å². The molecule has 9 heteroatoms. The molecule has 1 atom stereocenters. The normalized spacial score (nSPS) is 18.8. The van der Waals surface area contributed by atoms with Crippen LogP contribution in [0.5, 0.6) is 0 Å². The van der Waals surface area contributed by atoms with E-state index in [4.69, 9.17) is 22.8 Å². The van der Waals surface area contributed by atoms with Gasteiger partial charge in [-0.15, -0.1) is 0 Å². The maximum atomic E-state index is 11.6. The third-order valence-corrected chi connectivity index (χ3v) is 6.95. The molecule has 0 radical (unpaired) electrons. The molecule has 0 aromatic carbocycles. The van der Waals surface area contributed by atoms with Gasteiger partial charge in [0.1, 0.15) is 6.10 Å². The van der Waals surface area contributed by atoms with Crippen LogP contribution in [0.4, 0.5) is 4.79 Å². The quantitative estimate of drug-likeness (QED) is 0.389. The summed E-state index contributed by atoms with van der Waals surface area (Å²) >= 11 is 1.71. The molecule has 0 aromatic heterocycles. The highest BCUT2D eigenvalue weighted by Gasteiger charge is 2.37. The second kappa shape index (κ2) is 10.5. The highest BCUT2D eigenvalue weighted by Crippen LogP contribution is 2.16. The molecule has 1 amide bonds. The van der Waals surface area contributed by atoms with E-state index in [-0.39, 0.29) is 12.2 Å². The third kappa shape index (κ3) is 6.05. The molecule has 1 rings (SSSR count). The van der Waals surface area contributed by atoms with Crippen molar-refractivity contribution in [3.05, 3.63) is 0 Å². The molecule has 0 N–H and O–H groups in total. The molecular weight excluding hydrogens is 326 g/mol. The molecule has 0 aliphatic carbocycles. The van der Waals surface area contributed by atoms with Crippen LogP contribution in [-0.4, -0.2) is 85.5 Å². The van der Waals surface area contributed by atoms with Crippen LogP contribution in [0.25, 0.3) is 0 Å². The first-order chi connectivity index (χ1) is 10.6. The fourth-order valence-corrected chi connectivity index (χ4v) is 4.30. The molecule has 130 valence electrons. The van der Waals surface area contributed by atoms with E-state index in [9.17, 15) is 4.79 Å². The zero-order valence-corrected chi connectivity index (χ0v) is 15.6. The molecule has 1 aliphatic heterocycles. The summed E-state index contributed by atoms with van der Waals surface area (Å²) in [6, 6.07) is 0.695. The Balaban J connectivity index is 2.16. The number of hydrogen-bond acceptors (Lipinski definition) is 7. The summed E-state index contributed by atoms with van der Waals surface area (Å²) in [4.78, 5) is 13.3. The van der Waals surface area contributed by atoms with Crippen molar-refractivity contribution in [2.75, 3.05) is 59.6 Å². The van der Waals surface area contributed by atoms with Gasteiger partial charge in [0, 0.05) is 46.3 Å². The second-order valence-electron chi connectivity index (χ2n) is 4.92. The van der Waals surface area contributed by atoms with Gasteiger partial charge in [-0.1, -0.05) is 0 Å². The number of ether oxygens (including phenoxy) is 2. The summed E-state index contributed by atoms with van der Waals surface area (Å²) in [7, 11) is 2.28. The summed E-state index contributed by atoms with van der Waals surface area (Å²) < 4.78 is 26.9. The van der Waals surface area contributed by atoms with Crippen LogP contribution < -0.4 is 0 Å². The van der Waals surface area contributed by atoms with Gasteiger partial charge < -0.3 is 27.7 Å². The van der Waals surface area contributed by atoms with Gasteiger partial charge in [0.2, 0.25) is 0 Å². The van der Waals surface area contributed by atoms with Crippen LogP contribution in [0, 0.1) is 0 Å². The Kier molecular flexibility index (Phi) is 9.37. The van der Waals surface area contributed by atoms with Crippen LogP contribution in [-0.2, 0) is 22.8 Å². The molecule has 0 spiro atoms. The zero-order valence-electron chi connectivity index (χ0n) is 13.8. The second-order valence-corrected chi connectivity index (χ2v) is 8.99. The molecule has 0 saturated carbocycles. The standard InChI is InChI=1S/C13H27NO6SSi/c1-16-22(17-2,18-3)9-5-7-19-11-12-10-14(6-8-21-4)13(15)20-12/h12H,5-11H2,1-4H3. The van der Waals surface area contributed by atoms with Crippen molar-refractivity contribution in [3.63, 3.8) is 0 Å². The number of nitrogens with zero attached hydrogens (tertiary/aromatic N) is 1. The van der Waals surface area contributed by atoms with Crippen molar-refractivity contribution in [2.24, 2.45) is 0 Å². The molecule has 0 bridgehead atoms. The fourth-order valence-electron chi connectivity index (χ4n) is 2.21. The number of thioether (sulfide) groups is 1. The van der Waals surface area contributed by atoms with Gasteiger partial charge in [0.05, 0.1) is 13.2 Å². The van der Waals surface area contributed by atoms with E-state index >= 15 is 0 Å². The number of cyclic esters (lactones) is 1. The van der Waals surface area contributed by atoms with E-state index in [1.165, 1.54) is 0 Å². The summed E-state index contributed by atoms with van der Waals surface area (Å²) in [5.41, 5.74) is 0. The van der Waals surface area contributed by atoms with Crippen LogP contribution in [0.2, 0.25) is 6.04 Å². The van der Waals surface area contributed by atoms with Crippen molar-refractivity contribution in [3.8, 4) is 0 Å². The van der Waals surface area contributed by atoms with Gasteiger partial charge in [-0.05, 0) is 12.7 Å². The molecule has 1 saturated heterocycles. The largest absolute Gasteiger partial charge is 0.500 e. The molecular formula is C13H27NO6SSi. The van der Waals surface area contributed by atoms with Gasteiger partial charge in [-0.2, -0.15) is 11.8 Å². The number of rotatable bonds is 12. The Morgan fingerprint density at radius 2 is 2.00 bits per heavy atom. The SMILES string of the molecule is CO[Si](CCCOCC1CN(CCSC)C(=O)O1)(OC)OC. The topological polar surface area (TPSA) is 66.5 Å². The minimum absolute atomic E-state index is 0.177. The number of carbonyl (C=O) groups excluding carboxylic acids is 1. The molecule has 22 heavy (non-hydrogen) atoms. The monoisotopic (exact) mass is 353 g/mol. The maximum Gasteiger partial charge on any atom is 0.500 e. The first-order valence-corrected chi connectivity index (χ1v) is 10.6. The number of hydrogen-bond donors (Lipinski definition) is 0. The van der Waals surface area contributed by atoms with Gasteiger partial charge in [0.25, 0.3) is 0 Å². The number of amides is 1. The van der Waals surface area contributed by atoms with E-state index in [1.54, 1.807) is 38.0 Å². The Hall–Kier alpha value is -0.323. The first-order valence-electron chi connectivity index (χ1n) is 7.28. The van der Waals surface area contributed by atoms with E-state index in [0.717, 1.165) is 18.7 Å². The first kappa shape index (κ1) is 19.7. The van der Waals surface area contributed by atoms with E-state index in [2.05, 4.69) is 0 Å². The smallest absolute Gasteiger partial charge is 0.442 e. The lowest BCUT2D eigenvalue weighted by Crippen LogP contribution is -2.42. The predicted molar refractivity (Wildman–Crippen MR) is 87.2 cm³/mol. The summed E-state index contributed by atoms with van der Waals surface area (Å²) in [5.74, 6) is 0.917. The fraction of sp³-hybridized carbons (Fsp3) is 0.923. The molecule has 0 aromatic rings. The van der Waals surface area contributed by atoms with Crippen LogP contribution in [0.1, 0.15) is 6.42 Å². The van der Waals surface area contributed by atoms with E-state index in [0.29, 0.717) is 25.8 Å². The minimum atomic E-state index is -2.51. The summed E-state index contributed by atoms with van der Waals surface area (Å²) in [5, 5.41) is 0. The van der Waals surface area contributed by atoms with Crippen LogP contribution in [0.15, 0.2) is 0 Å². The highest BCUT2D eigenvalue weighted by atomic mass is 32.2. The molecule has 1 fully saturated rings. The lowest BCUT2D eigenvalue weighted by molar-refractivity contribution is 0.0439. The Morgan fingerprint density at radius 1 is 1.32 bits per heavy atom. The Bertz CT molecular complexity index is 323. The van der Waals surface area contributed by atoms with Crippen molar-refractivity contribution < 1.29 is 27.5 Å². The lowest BCUT2D eigenvalue weighted by Gasteiger charge is -2.24. The van der Waals surface area contributed by atoms with Crippen LogP contribution in [0.3, 0.4) is 0 Å². The molecule has 7 nitrogen and oxygen atoms in total. The lowest BCUT2D eigenvalue weighted by atomic mass is 10.3. The van der Waals surface area contributed by atoms with E-state index < -0.39 is 8.80 Å². The Labute approximate surface area is 137 Å². The van der Waals surface area contributed by atoms with Gasteiger partial charge in [-0.25, -0.2) is 4.79 Å². The van der Waals surface area contributed by atoms with Crippen molar-refractivity contribution >= 4 is 26.7 Å². The molecule has 1 heterocycles. The van der Waals surface area contributed by atoms with Crippen molar-refractivity contribution in [2.45, 2.75) is 18.6 Å². The van der Waals surface area contributed by atoms with Crippen LogP contribution >= 0.6 is 11.8 Å². The summed E-state index contributed by atoms with van der Waals surface area (Å²) in [6.45, 7) is 2.30. The average molecular weight is 354 g/mol. The molecule has 1 aliphatic rings. The van der Waals surface area contributed by atoms with E-state index in [1.807, 2.05) is 6.26 Å². The van der Waals surface area contributed by atoms with Gasteiger partial charge >= 0.3 is 14.9 Å². The minimum Gasteiger partial charge on any atom is -0.442 e. The highest BCUT2D eigenvalue weighted by molar-refractivity contribution is 7.98. The zero-order chi connectivity index (χ0) is 16.4. The summed E-state index contributed by atoms with van der Waals surface area (Å²) in [6.07, 6.45) is 2.38. The van der Waals surface area contributed by atoms with Gasteiger partial charge in [-0.3, -0.25) is 0 Å². The number of carbonyl (C=O) groups is 1. The van der Waals surface area contributed by atoms with Gasteiger partial charge in [0.15, 0.2) is 0 Å². The average Bonchev–Trinajstić information content (AvgIpc) is 2.89. The third-order valence-electron chi connectivity index (χ3n) is 3.52. The predicted octanol–water partition coefficient (Wildman–Crippen LogP) is 1.45. The Morgan fingerprint density at radius 3 is 2.59 bits per heavy atom.